The minimum absolute atomic E-state index is 0.215. The van der Waals surface area contributed by atoms with Crippen LogP contribution in [0.3, 0.4) is 0 Å². The number of hydrogen-bond donors (Lipinski definition) is 0. The van der Waals surface area contributed by atoms with Gasteiger partial charge in [0.15, 0.2) is 0 Å². The first-order valence-electron chi connectivity index (χ1n) is 3.67. The molecule has 1 saturated carbocycles. The van der Waals surface area contributed by atoms with Gasteiger partial charge in [-0.2, -0.15) is 4.73 Å². The first kappa shape index (κ1) is 7.22. The zero-order chi connectivity index (χ0) is 7.90. The maximum atomic E-state index is 5.14. The lowest BCUT2D eigenvalue weighted by atomic mass is 10.3. The predicted octanol–water partition coefficient (Wildman–Crippen LogP) is 1.93. The van der Waals surface area contributed by atoms with Crippen LogP contribution in [0.2, 0.25) is 0 Å². The summed E-state index contributed by atoms with van der Waals surface area (Å²) in [6.45, 7) is 0. The molecule has 0 amide bonds. The molecule has 11 heavy (non-hydrogen) atoms. The maximum absolute atomic E-state index is 5.14. The summed E-state index contributed by atoms with van der Waals surface area (Å²) in [6.07, 6.45) is 4.34. The van der Waals surface area contributed by atoms with E-state index in [0.717, 1.165) is 0 Å². The number of hydrogen-bond acceptors (Lipinski definition) is 1. The normalized spacial score (nSPS) is 19.8. The molecular weight excluding hydrogens is 206 g/mol. The molecular formula is C8H10BrNO. The van der Waals surface area contributed by atoms with E-state index in [1.165, 1.54) is 18.5 Å². The van der Waals surface area contributed by atoms with Crippen LogP contribution < -0.4 is 4.84 Å². The first-order valence-corrected chi connectivity index (χ1v) is 4.47. The lowest BCUT2D eigenvalue weighted by molar-refractivity contribution is 0.159. The van der Waals surface area contributed by atoms with Gasteiger partial charge in [0.25, 0.3) is 0 Å². The third-order valence-corrected chi connectivity index (χ3v) is 3.26. The largest absolute Gasteiger partial charge is 0.417 e. The van der Waals surface area contributed by atoms with Gasteiger partial charge in [0.1, 0.15) is 7.11 Å². The van der Waals surface area contributed by atoms with E-state index in [1.54, 1.807) is 7.11 Å². The Balaban J connectivity index is 2.36. The Morgan fingerprint density at radius 1 is 1.64 bits per heavy atom. The highest BCUT2D eigenvalue weighted by molar-refractivity contribution is 9.09. The van der Waals surface area contributed by atoms with Crippen LogP contribution in [0, 0.1) is 0 Å². The Labute approximate surface area is 74.2 Å². The van der Waals surface area contributed by atoms with Crippen LogP contribution in [0.5, 0.6) is 0 Å². The molecule has 1 aliphatic rings. The Kier molecular flexibility index (Phi) is 1.49. The number of aromatic nitrogens is 1. The molecule has 2 nitrogen and oxygen atoms in total. The Morgan fingerprint density at radius 3 is 2.91 bits per heavy atom. The average Bonchev–Trinajstić information content (AvgIpc) is 2.61. The third-order valence-electron chi connectivity index (χ3n) is 2.06. The van der Waals surface area contributed by atoms with E-state index in [4.69, 9.17) is 4.84 Å². The summed E-state index contributed by atoms with van der Waals surface area (Å²) in [6, 6.07) is 4.09. The molecule has 2 rings (SSSR count). The van der Waals surface area contributed by atoms with Gasteiger partial charge in [-0.25, -0.2) is 0 Å². The highest BCUT2D eigenvalue weighted by Gasteiger charge is 2.44. The van der Waals surface area contributed by atoms with Gasteiger partial charge in [-0.3, -0.25) is 0 Å². The van der Waals surface area contributed by atoms with Crippen molar-refractivity contribution in [3.05, 3.63) is 24.0 Å². The summed E-state index contributed by atoms with van der Waals surface area (Å²) < 4.78 is 2.02. The molecule has 0 aliphatic heterocycles. The summed E-state index contributed by atoms with van der Waals surface area (Å²) in [5.74, 6) is 0. The van der Waals surface area contributed by atoms with Gasteiger partial charge in [0.05, 0.1) is 10.0 Å². The van der Waals surface area contributed by atoms with Crippen molar-refractivity contribution in [2.75, 3.05) is 7.11 Å². The molecule has 0 saturated heterocycles. The van der Waals surface area contributed by atoms with Crippen LogP contribution in [0.4, 0.5) is 0 Å². The summed E-state index contributed by atoms with van der Waals surface area (Å²) in [5, 5.41) is 0. The van der Waals surface area contributed by atoms with E-state index in [9.17, 15) is 0 Å². The third kappa shape index (κ3) is 1.07. The van der Waals surface area contributed by atoms with Gasteiger partial charge in [-0.05, 0) is 25.0 Å². The minimum atomic E-state index is 0.215. The lowest BCUT2D eigenvalue weighted by Crippen LogP contribution is -2.12. The molecule has 60 valence electrons. The zero-order valence-corrected chi connectivity index (χ0v) is 7.97. The van der Waals surface area contributed by atoms with Gasteiger partial charge in [0.2, 0.25) is 0 Å². The van der Waals surface area contributed by atoms with Gasteiger partial charge in [0, 0.05) is 6.20 Å². The van der Waals surface area contributed by atoms with Gasteiger partial charge in [-0.15, -0.1) is 0 Å². The van der Waals surface area contributed by atoms with Crippen LogP contribution in [-0.4, -0.2) is 11.8 Å². The second-order valence-corrected chi connectivity index (χ2v) is 4.39. The van der Waals surface area contributed by atoms with Gasteiger partial charge in [-0.1, -0.05) is 15.9 Å². The lowest BCUT2D eigenvalue weighted by Gasteiger charge is -2.09. The SMILES string of the molecule is COn1cccc1C1(Br)CC1. The monoisotopic (exact) mass is 215 g/mol. The Morgan fingerprint density at radius 2 is 2.36 bits per heavy atom. The molecule has 1 aliphatic carbocycles. The molecule has 0 aromatic carbocycles. The summed E-state index contributed by atoms with van der Waals surface area (Å²) in [5.41, 5.74) is 1.22. The van der Waals surface area contributed by atoms with E-state index >= 15 is 0 Å². The Hall–Kier alpha value is -0.440. The van der Waals surface area contributed by atoms with E-state index < -0.39 is 0 Å². The molecule has 0 unspecified atom stereocenters. The molecule has 0 atom stereocenters. The van der Waals surface area contributed by atoms with Crippen LogP contribution in [0.1, 0.15) is 18.5 Å². The summed E-state index contributed by atoms with van der Waals surface area (Å²) >= 11 is 3.67. The number of nitrogens with zero attached hydrogens (tertiary/aromatic N) is 1. The van der Waals surface area contributed by atoms with Crippen molar-refractivity contribution in [2.45, 2.75) is 17.2 Å². The van der Waals surface area contributed by atoms with Crippen molar-refractivity contribution in [3.8, 4) is 0 Å². The minimum Gasteiger partial charge on any atom is -0.417 e. The number of rotatable bonds is 2. The van der Waals surface area contributed by atoms with Crippen molar-refractivity contribution in [1.29, 1.82) is 0 Å². The van der Waals surface area contributed by atoms with E-state index in [2.05, 4.69) is 22.0 Å². The molecule has 0 bridgehead atoms. The van der Waals surface area contributed by atoms with Crippen LogP contribution >= 0.6 is 15.9 Å². The van der Waals surface area contributed by atoms with E-state index in [1.807, 2.05) is 17.0 Å². The van der Waals surface area contributed by atoms with Gasteiger partial charge < -0.3 is 4.84 Å². The molecule has 1 aromatic heterocycles. The molecule has 0 radical (unpaired) electrons. The van der Waals surface area contributed by atoms with E-state index in [-0.39, 0.29) is 4.32 Å². The van der Waals surface area contributed by atoms with Crippen LogP contribution in [0.15, 0.2) is 18.3 Å². The highest BCUT2D eigenvalue weighted by atomic mass is 79.9. The Bertz CT molecular complexity index is 265. The molecule has 1 aromatic rings. The number of halogens is 1. The second-order valence-electron chi connectivity index (χ2n) is 2.87. The number of alkyl halides is 1. The fourth-order valence-electron chi connectivity index (χ4n) is 1.24. The fourth-order valence-corrected chi connectivity index (χ4v) is 1.74. The van der Waals surface area contributed by atoms with E-state index in [0.29, 0.717) is 0 Å². The smallest absolute Gasteiger partial charge is 0.104 e. The van der Waals surface area contributed by atoms with Crippen molar-refractivity contribution in [3.63, 3.8) is 0 Å². The fraction of sp³-hybridized carbons (Fsp3) is 0.500. The topological polar surface area (TPSA) is 14.2 Å². The molecule has 1 fully saturated rings. The van der Waals surface area contributed by atoms with Crippen molar-refractivity contribution in [2.24, 2.45) is 0 Å². The first-order chi connectivity index (χ1) is 5.26. The zero-order valence-electron chi connectivity index (χ0n) is 6.38. The molecule has 0 N–H and O–H groups in total. The summed E-state index contributed by atoms with van der Waals surface area (Å²) in [4.78, 5) is 5.14. The average molecular weight is 216 g/mol. The molecule has 1 heterocycles. The second kappa shape index (κ2) is 2.27. The molecule has 3 heteroatoms. The maximum Gasteiger partial charge on any atom is 0.104 e. The summed E-state index contributed by atoms with van der Waals surface area (Å²) in [7, 11) is 1.68. The predicted molar refractivity (Wildman–Crippen MR) is 46.8 cm³/mol. The molecule has 0 spiro atoms. The standard InChI is InChI=1S/C8H10BrNO/c1-11-10-6-2-3-7(10)8(9)4-5-8/h2-3,6H,4-5H2,1H3. The van der Waals surface area contributed by atoms with Crippen molar-refractivity contribution in [1.82, 2.24) is 4.73 Å². The van der Waals surface area contributed by atoms with Crippen LogP contribution in [-0.2, 0) is 4.32 Å². The highest BCUT2D eigenvalue weighted by Crippen LogP contribution is 2.53. The van der Waals surface area contributed by atoms with Crippen LogP contribution in [0.25, 0.3) is 0 Å². The van der Waals surface area contributed by atoms with Gasteiger partial charge >= 0.3 is 0 Å². The van der Waals surface area contributed by atoms with Crippen molar-refractivity contribution >= 4 is 15.9 Å². The quantitative estimate of drug-likeness (QED) is 0.689. The van der Waals surface area contributed by atoms with Crippen molar-refractivity contribution < 1.29 is 4.84 Å².